The topological polar surface area (TPSA) is 90.0 Å². The normalized spacial score (nSPS) is 12.5. The maximum Gasteiger partial charge on any atom is 0.304 e. The summed E-state index contributed by atoms with van der Waals surface area (Å²) in [6.45, 7) is 5.68. The van der Waals surface area contributed by atoms with Crippen LogP contribution in [0.5, 0.6) is 0 Å². The Hall–Kier alpha value is -2.62. The summed E-state index contributed by atoms with van der Waals surface area (Å²) < 4.78 is 28.2. The van der Waals surface area contributed by atoms with Gasteiger partial charge < -0.3 is 10.2 Å². The van der Waals surface area contributed by atoms with E-state index < -0.39 is 28.7 Å². The van der Waals surface area contributed by atoms with E-state index in [0.717, 1.165) is 14.2 Å². The molecule has 0 spiro atoms. The van der Waals surface area contributed by atoms with Crippen molar-refractivity contribution in [2.45, 2.75) is 33.4 Å². The Kier molecular flexibility index (Phi) is 9.90. The lowest BCUT2D eigenvalue weighted by atomic mass is 10.1. The quantitative estimate of drug-likeness (QED) is 0.505. The summed E-state index contributed by atoms with van der Waals surface area (Å²) >= 11 is 6.12. The molecule has 0 heterocycles. The van der Waals surface area contributed by atoms with Crippen LogP contribution in [0.25, 0.3) is 0 Å². The van der Waals surface area contributed by atoms with E-state index in [1.165, 1.54) is 19.0 Å². The molecule has 0 aromatic heterocycles. The van der Waals surface area contributed by atoms with Gasteiger partial charge >= 0.3 is 10.2 Å². The van der Waals surface area contributed by atoms with Gasteiger partial charge in [0.25, 0.3) is 0 Å². The number of nitrogens with one attached hydrogen (secondary N) is 1. The predicted octanol–water partition coefficient (Wildman–Crippen LogP) is 3.14. The molecule has 0 saturated heterocycles. The molecule has 186 valence electrons. The van der Waals surface area contributed by atoms with Crippen molar-refractivity contribution in [3.63, 3.8) is 0 Å². The molecule has 34 heavy (non-hydrogen) atoms. The highest BCUT2D eigenvalue weighted by molar-refractivity contribution is 7.90. The highest BCUT2D eigenvalue weighted by Crippen LogP contribution is 2.21. The van der Waals surface area contributed by atoms with Crippen LogP contribution >= 0.6 is 11.6 Å². The molecular formula is C24H33ClN4O4S. The molecule has 10 heteroatoms. The molecule has 2 aromatic rings. The fourth-order valence-corrected chi connectivity index (χ4v) is 4.45. The van der Waals surface area contributed by atoms with Gasteiger partial charge in [-0.25, -0.2) is 4.31 Å². The standard InChI is InChI=1S/C24H33ClN4O4S/c1-18(2)15-26-24(31)19(3)28(16-20-10-9-11-21(25)14-20)23(30)17-29(34(32,33)27(4)5)22-12-7-6-8-13-22/h6-14,18-19H,15-17H2,1-5H3,(H,26,31). The summed E-state index contributed by atoms with van der Waals surface area (Å²) in [5, 5.41) is 3.35. The Morgan fingerprint density at radius 2 is 1.65 bits per heavy atom. The van der Waals surface area contributed by atoms with E-state index in [1.54, 1.807) is 61.5 Å². The first-order valence-electron chi connectivity index (χ1n) is 11.0. The number of halogens is 1. The van der Waals surface area contributed by atoms with Crippen LogP contribution in [0.2, 0.25) is 5.02 Å². The summed E-state index contributed by atoms with van der Waals surface area (Å²) in [4.78, 5) is 27.8. The van der Waals surface area contributed by atoms with Crippen LogP contribution in [-0.2, 0) is 26.3 Å². The van der Waals surface area contributed by atoms with Crippen LogP contribution in [0.3, 0.4) is 0 Å². The Labute approximate surface area is 207 Å². The summed E-state index contributed by atoms with van der Waals surface area (Å²) in [5.41, 5.74) is 1.08. The molecule has 0 fully saturated rings. The van der Waals surface area contributed by atoms with Gasteiger partial charge in [0.15, 0.2) is 0 Å². The maximum absolute atomic E-state index is 13.6. The van der Waals surface area contributed by atoms with Crippen molar-refractivity contribution in [1.82, 2.24) is 14.5 Å². The Bertz CT molecular complexity index is 1080. The number of para-hydroxylation sites is 1. The number of hydrogen-bond acceptors (Lipinski definition) is 4. The van der Waals surface area contributed by atoms with Gasteiger partial charge in [-0.1, -0.05) is 55.8 Å². The van der Waals surface area contributed by atoms with E-state index in [0.29, 0.717) is 17.3 Å². The average Bonchev–Trinajstić information content (AvgIpc) is 2.79. The summed E-state index contributed by atoms with van der Waals surface area (Å²) in [7, 11) is -1.16. The van der Waals surface area contributed by atoms with Gasteiger partial charge in [-0.15, -0.1) is 0 Å². The zero-order valence-corrected chi connectivity index (χ0v) is 21.8. The minimum absolute atomic E-state index is 0.0975. The molecule has 0 aliphatic heterocycles. The fraction of sp³-hybridized carbons (Fsp3) is 0.417. The first-order chi connectivity index (χ1) is 15.9. The van der Waals surface area contributed by atoms with Gasteiger partial charge in [-0.2, -0.15) is 12.7 Å². The minimum Gasteiger partial charge on any atom is -0.354 e. The molecule has 0 bridgehead atoms. The third-order valence-electron chi connectivity index (χ3n) is 5.16. The number of anilines is 1. The zero-order chi connectivity index (χ0) is 25.5. The SMILES string of the molecule is CC(C)CNC(=O)C(C)N(Cc1cccc(Cl)c1)C(=O)CN(c1ccccc1)S(=O)(=O)N(C)C. The van der Waals surface area contributed by atoms with E-state index >= 15 is 0 Å². The molecule has 8 nitrogen and oxygen atoms in total. The highest BCUT2D eigenvalue weighted by atomic mass is 35.5. The monoisotopic (exact) mass is 508 g/mol. The highest BCUT2D eigenvalue weighted by Gasteiger charge is 2.32. The van der Waals surface area contributed by atoms with Crippen molar-refractivity contribution in [1.29, 1.82) is 0 Å². The van der Waals surface area contributed by atoms with Crippen molar-refractivity contribution in [3.05, 3.63) is 65.2 Å². The summed E-state index contributed by atoms with van der Waals surface area (Å²) in [5.74, 6) is -0.584. The van der Waals surface area contributed by atoms with Crippen LogP contribution in [0.15, 0.2) is 54.6 Å². The van der Waals surface area contributed by atoms with E-state index in [-0.39, 0.29) is 18.4 Å². The number of hydrogen-bond donors (Lipinski definition) is 1. The molecular weight excluding hydrogens is 476 g/mol. The van der Waals surface area contributed by atoms with Gasteiger partial charge in [0, 0.05) is 32.2 Å². The summed E-state index contributed by atoms with van der Waals surface area (Å²) in [6, 6.07) is 14.6. The van der Waals surface area contributed by atoms with Crippen molar-refractivity contribution < 1.29 is 18.0 Å². The average molecular weight is 509 g/mol. The zero-order valence-electron chi connectivity index (χ0n) is 20.2. The number of benzene rings is 2. The third kappa shape index (κ3) is 7.44. The van der Waals surface area contributed by atoms with Gasteiger partial charge in [-0.05, 0) is 42.7 Å². The Morgan fingerprint density at radius 1 is 1.00 bits per heavy atom. The minimum atomic E-state index is -3.97. The second-order valence-corrected chi connectivity index (χ2v) is 11.1. The molecule has 2 rings (SSSR count). The van der Waals surface area contributed by atoms with E-state index in [1.807, 2.05) is 13.8 Å². The number of nitrogens with zero attached hydrogens (tertiary/aromatic N) is 3. The van der Waals surface area contributed by atoms with E-state index in [2.05, 4.69) is 5.32 Å². The predicted molar refractivity (Wildman–Crippen MR) is 136 cm³/mol. The summed E-state index contributed by atoms with van der Waals surface area (Å²) in [6.07, 6.45) is 0. The van der Waals surface area contributed by atoms with Gasteiger partial charge in [0.1, 0.15) is 12.6 Å². The molecule has 1 atom stereocenters. The lowest BCUT2D eigenvalue weighted by molar-refractivity contribution is -0.139. The molecule has 0 aliphatic rings. The molecule has 0 saturated carbocycles. The number of rotatable bonds is 11. The third-order valence-corrected chi connectivity index (χ3v) is 7.21. The smallest absolute Gasteiger partial charge is 0.304 e. The lowest BCUT2D eigenvalue weighted by Crippen LogP contribution is -2.52. The van der Waals surface area contributed by atoms with Crippen molar-refractivity contribution in [2.75, 3.05) is 31.5 Å². The number of carbonyl (C=O) groups is 2. The number of carbonyl (C=O) groups excluding carboxylic acids is 2. The maximum atomic E-state index is 13.6. The lowest BCUT2D eigenvalue weighted by Gasteiger charge is -2.33. The van der Waals surface area contributed by atoms with Crippen molar-refractivity contribution >= 4 is 39.3 Å². The first-order valence-corrected chi connectivity index (χ1v) is 12.8. The van der Waals surface area contributed by atoms with Crippen LogP contribution in [0.4, 0.5) is 5.69 Å². The van der Waals surface area contributed by atoms with Crippen LogP contribution < -0.4 is 9.62 Å². The largest absolute Gasteiger partial charge is 0.354 e. The fourth-order valence-electron chi connectivity index (χ4n) is 3.18. The molecule has 2 aromatic carbocycles. The molecule has 0 radical (unpaired) electrons. The molecule has 0 aliphatic carbocycles. The molecule has 1 N–H and O–H groups in total. The number of amides is 2. The van der Waals surface area contributed by atoms with Gasteiger partial charge in [-0.3, -0.25) is 9.59 Å². The van der Waals surface area contributed by atoms with Crippen molar-refractivity contribution in [2.24, 2.45) is 5.92 Å². The molecule has 1 unspecified atom stereocenters. The second-order valence-electron chi connectivity index (χ2n) is 8.60. The van der Waals surface area contributed by atoms with E-state index in [9.17, 15) is 18.0 Å². The Balaban J connectivity index is 2.40. The Morgan fingerprint density at radius 3 is 2.21 bits per heavy atom. The van der Waals surface area contributed by atoms with Gasteiger partial charge in [0.2, 0.25) is 11.8 Å². The van der Waals surface area contributed by atoms with Gasteiger partial charge in [0.05, 0.1) is 5.69 Å². The van der Waals surface area contributed by atoms with Crippen molar-refractivity contribution in [3.8, 4) is 0 Å². The second kappa shape index (κ2) is 12.2. The van der Waals surface area contributed by atoms with Crippen LogP contribution in [-0.4, -0.2) is 62.7 Å². The van der Waals surface area contributed by atoms with Crippen LogP contribution in [0, 0.1) is 5.92 Å². The van der Waals surface area contributed by atoms with E-state index in [4.69, 9.17) is 11.6 Å². The molecule has 2 amide bonds. The van der Waals surface area contributed by atoms with Crippen LogP contribution in [0.1, 0.15) is 26.3 Å². The first kappa shape index (κ1) is 27.6.